The van der Waals surface area contributed by atoms with Crippen molar-refractivity contribution in [3.8, 4) is 0 Å². The summed E-state index contributed by atoms with van der Waals surface area (Å²) in [6, 6.07) is 0.102. The van der Waals surface area contributed by atoms with Crippen LogP contribution < -0.4 is 5.32 Å². The Hall–Kier alpha value is -0.370. The van der Waals surface area contributed by atoms with Crippen LogP contribution in [0.25, 0.3) is 0 Å². The molecule has 0 saturated heterocycles. The average Bonchev–Trinajstić information content (AvgIpc) is 2.02. The van der Waals surface area contributed by atoms with Gasteiger partial charge in [-0.2, -0.15) is 0 Å². The van der Waals surface area contributed by atoms with Crippen LogP contribution in [0.3, 0.4) is 0 Å². The number of nitrogens with one attached hydrogen (secondary N) is 1. The summed E-state index contributed by atoms with van der Waals surface area (Å²) in [5.74, 6) is 1.34. The van der Waals surface area contributed by atoms with Crippen molar-refractivity contribution in [2.45, 2.75) is 45.6 Å². The van der Waals surface area contributed by atoms with Crippen molar-refractivity contribution in [3.63, 3.8) is 0 Å². The summed E-state index contributed by atoms with van der Waals surface area (Å²) in [5.41, 5.74) is 0. The molecule has 2 heteroatoms. The summed E-state index contributed by atoms with van der Waals surface area (Å²) < 4.78 is 0. The van der Waals surface area contributed by atoms with Gasteiger partial charge < -0.3 is 5.32 Å². The van der Waals surface area contributed by atoms with Gasteiger partial charge >= 0.3 is 0 Å². The molecule has 76 valence electrons. The highest BCUT2D eigenvalue weighted by Gasteiger charge is 2.26. The highest BCUT2D eigenvalue weighted by Crippen LogP contribution is 2.30. The van der Waals surface area contributed by atoms with Crippen LogP contribution in [-0.2, 0) is 4.79 Å². The first-order chi connectivity index (χ1) is 6.15. The van der Waals surface area contributed by atoms with E-state index >= 15 is 0 Å². The lowest BCUT2D eigenvalue weighted by molar-refractivity contribution is -0.124. The molecule has 0 aromatic carbocycles. The lowest BCUT2D eigenvalue weighted by Gasteiger charge is -2.29. The first kappa shape index (κ1) is 10.7. The van der Waals surface area contributed by atoms with Gasteiger partial charge in [0.05, 0.1) is 6.04 Å². The van der Waals surface area contributed by atoms with Crippen LogP contribution in [0.1, 0.15) is 39.5 Å². The summed E-state index contributed by atoms with van der Waals surface area (Å²) in [6.45, 7) is 3.96. The second-order valence-corrected chi connectivity index (χ2v) is 4.43. The number of hydrogen-bond donors (Lipinski definition) is 1. The summed E-state index contributed by atoms with van der Waals surface area (Å²) in [4.78, 5) is 11.7. The van der Waals surface area contributed by atoms with E-state index in [1.807, 2.05) is 20.9 Å². The Labute approximate surface area is 81.1 Å². The minimum Gasteiger partial charge on any atom is -0.311 e. The maximum Gasteiger partial charge on any atom is 0.152 e. The van der Waals surface area contributed by atoms with Crippen molar-refractivity contribution in [2.24, 2.45) is 11.8 Å². The number of carbonyl (C=O) groups is 1. The summed E-state index contributed by atoms with van der Waals surface area (Å²) in [5, 5.41) is 3.13. The van der Waals surface area contributed by atoms with Gasteiger partial charge in [0.25, 0.3) is 0 Å². The maximum atomic E-state index is 11.7. The Bertz CT molecular complexity index is 173. The Morgan fingerprint density at radius 2 is 2.08 bits per heavy atom. The van der Waals surface area contributed by atoms with Gasteiger partial charge in [-0.3, -0.25) is 4.79 Å². The normalized spacial score (nSPS) is 20.0. The van der Waals surface area contributed by atoms with Gasteiger partial charge in [0.2, 0.25) is 0 Å². The third-order valence-electron chi connectivity index (χ3n) is 3.05. The SMILES string of the molecule is CN[C@@H](CC1CCC1)C(=O)C(C)C. The van der Waals surface area contributed by atoms with Crippen LogP contribution in [0.2, 0.25) is 0 Å². The van der Waals surface area contributed by atoms with Gasteiger partial charge in [0.15, 0.2) is 5.78 Å². The van der Waals surface area contributed by atoms with Gasteiger partial charge in [-0.1, -0.05) is 33.1 Å². The van der Waals surface area contributed by atoms with Gasteiger partial charge in [0, 0.05) is 5.92 Å². The predicted octanol–water partition coefficient (Wildman–Crippen LogP) is 1.99. The molecule has 13 heavy (non-hydrogen) atoms. The minimum atomic E-state index is 0.102. The van der Waals surface area contributed by atoms with E-state index < -0.39 is 0 Å². The molecule has 0 unspecified atom stereocenters. The summed E-state index contributed by atoms with van der Waals surface area (Å²) in [7, 11) is 1.89. The van der Waals surface area contributed by atoms with Crippen molar-refractivity contribution in [1.29, 1.82) is 0 Å². The molecule has 1 N–H and O–H groups in total. The number of rotatable bonds is 5. The molecule has 0 radical (unpaired) electrons. The Morgan fingerprint density at radius 1 is 1.46 bits per heavy atom. The molecule has 0 aliphatic heterocycles. The van der Waals surface area contributed by atoms with Gasteiger partial charge in [-0.15, -0.1) is 0 Å². The Kier molecular flexibility index (Phi) is 3.91. The number of ketones is 1. The minimum absolute atomic E-state index is 0.102. The molecule has 0 amide bonds. The Morgan fingerprint density at radius 3 is 2.38 bits per heavy atom. The fraction of sp³-hybridized carbons (Fsp3) is 0.909. The number of Topliss-reactive ketones (excluding diaryl/α,β-unsaturated/α-hetero) is 1. The second kappa shape index (κ2) is 4.75. The molecule has 1 saturated carbocycles. The average molecular weight is 183 g/mol. The zero-order chi connectivity index (χ0) is 9.84. The van der Waals surface area contributed by atoms with Crippen LogP contribution in [0.4, 0.5) is 0 Å². The highest BCUT2D eigenvalue weighted by atomic mass is 16.1. The van der Waals surface area contributed by atoms with Crippen LogP contribution >= 0.6 is 0 Å². The van der Waals surface area contributed by atoms with E-state index in [1.165, 1.54) is 19.3 Å². The van der Waals surface area contributed by atoms with E-state index in [9.17, 15) is 4.79 Å². The summed E-state index contributed by atoms with van der Waals surface area (Å²) in [6.07, 6.45) is 5.05. The zero-order valence-electron chi connectivity index (χ0n) is 8.97. The maximum absolute atomic E-state index is 11.7. The number of hydrogen-bond acceptors (Lipinski definition) is 2. The molecule has 1 rings (SSSR count). The molecular formula is C11H21NO. The first-order valence-electron chi connectivity index (χ1n) is 5.36. The van der Waals surface area contributed by atoms with Crippen molar-refractivity contribution in [1.82, 2.24) is 5.32 Å². The second-order valence-electron chi connectivity index (χ2n) is 4.43. The van der Waals surface area contributed by atoms with Crippen molar-refractivity contribution in [2.75, 3.05) is 7.05 Å². The van der Waals surface area contributed by atoms with Crippen molar-refractivity contribution in [3.05, 3.63) is 0 Å². The highest BCUT2D eigenvalue weighted by molar-refractivity contribution is 5.85. The van der Waals surface area contributed by atoms with E-state index in [0.717, 1.165) is 12.3 Å². The fourth-order valence-electron chi connectivity index (χ4n) is 1.84. The molecule has 0 heterocycles. The standard InChI is InChI=1S/C11H21NO/c1-8(2)11(13)10(12-3)7-9-5-4-6-9/h8-10,12H,4-7H2,1-3H3/t10-/m0/s1. The molecule has 0 aromatic rings. The molecule has 1 aliphatic rings. The van der Waals surface area contributed by atoms with Crippen LogP contribution in [0.5, 0.6) is 0 Å². The molecular weight excluding hydrogens is 162 g/mol. The Balaban J connectivity index is 2.36. The van der Waals surface area contributed by atoms with Crippen LogP contribution in [0, 0.1) is 11.8 Å². The van der Waals surface area contributed by atoms with Crippen molar-refractivity contribution >= 4 is 5.78 Å². The smallest absolute Gasteiger partial charge is 0.152 e. The zero-order valence-corrected chi connectivity index (χ0v) is 8.97. The van der Waals surface area contributed by atoms with Crippen LogP contribution in [-0.4, -0.2) is 18.9 Å². The van der Waals surface area contributed by atoms with E-state index in [4.69, 9.17) is 0 Å². The van der Waals surface area contributed by atoms with E-state index in [2.05, 4.69) is 5.32 Å². The molecule has 0 aromatic heterocycles. The van der Waals surface area contributed by atoms with E-state index in [-0.39, 0.29) is 12.0 Å². The summed E-state index contributed by atoms with van der Waals surface area (Å²) >= 11 is 0. The molecule has 0 bridgehead atoms. The molecule has 1 aliphatic carbocycles. The monoisotopic (exact) mass is 183 g/mol. The lowest BCUT2D eigenvalue weighted by Crippen LogP contribution is -2.39. The van der Waals surface area contributed by atoms with Gasteiger partial charge in [0.1, 0.15) is 0 Å². The van der Waals surface area contributed by atoms with Gasteiger partial charge in [-0.05, 0) is 19.4 Å². The largest absolute Gasteiger partial charge is 0.311 e. The van der Waals surface area contributed by atoms with E-state index in [0.29, 0.717) is 5.78 Å². The molecule has 2 nitrogen and oxygen atoms in total. The predicted molar refractivity (Wildman–Crippen MR) is 54.7 cm³/mol. The molecule has 1 atom stereocenters. The number of carbonyl (C=O) groups excluding carboxylic acids is 1. The molecule has 0 spiro atoms. The third-order valence-corrected chi connectivity index (χ3v) is 3.05. The number of likely N-dealkylation sites (N-methyl/N-ethyl adjacent to an activating group) is 1. The lowest BCUT2D eigenvalue weighted by atomic mass is 9.79. The van der Waals surface area contributed by atoms with Crippen molar-refractivity contribution < 1.29 is 4.79 Å². The quantitative estimate of drug-likeness (QED) is 0.706. The first-order valence-corrected chi connectivity index (χ1v) is 5.36. The van der Waals surface area contributed by atoms with Crippen LogP contribution in [0.15, 0.2) is 0 Å². The third kappa shape index (κ3) is 2.80. The topological polar surface area (TPSA) is 29.1 Å². The van der Waals surface area contributed by atoms with Gasteiger partial charge in [-0.25, -0.2) is 0 Å². The molecule has 1 fully saturated rings. The fourth-order valence-corrected chi connectivity index (χ4v) is 1.84. The van der Waals surface area contributed by atoms with E-state index in [1.54, 1.807) is 0 Å².